The first-order chi connectivity index (χ1) is 16.4. The number of benzene rings is 2. The maximum Gasteiger partial charge on any atom is 0.250 e. The fourth-order valence-corrected chi connectivity index (χ4v) is 5.17. The third-order valence-electron chi connectivity index (χ3n) is 7.27. The zero-order valence-corrected chi connectivity index (χ0v) is 20.4. The molecular weight excluding hydrogens is 444 g/mol. The van der Waals surface area contributed by atoms with Gasteiger partial charge in [-0.15, -0.1) is 5.10 Å². The lowest BCUT2D eigenvalue weighted by molar-refractivity contribution is 0.264. The molecule has 34 heavy (non-hydrogen) atoms. The first-order valence-corrected chi connectivity index (χ1v) is 12.1. The smallest absolute Gasteiger partial charge is 0.250 e. The van der Waals surface area contributed by atoms with Gasteiger partial charge in [0.15, 0.2) is 0 Å². The fraction of sp³-hybridized carbons (Fsp3) is 0.296. The van der Waals surface area contributed by atoms with Crippen LogP contribution in [0.1, 0.15) is 37.4 Å². The Bertz CT molecular complexity index is 1330. The number of hydrazone groups is 1. The summed E-state index contributed by atoms with van der Waals surface area (Å²) in [6, 6.07) is 18.8. The highest BCUT2D eigenvalue weighted by molar-refractivity contribution is 6.32. The van der Waals surface area contributed by atoms with E-state index in [-0.39, 0.29) is 5.41 Å². The minimum Gasteiger partial charge on any atom is -0.329 e. The van der Waals surface area contributed by atoms with Gasteiger partial charge in [0, 0.05) is 53.2 Å². The van der Waals surface area contributed by atoms with Crippen LogP contribution in [0.4, 0.5) is 11.4 Å². The summed E-state index contributed by atoms with van der Waals surface area (Å²) in [6.07, 6.45) is 5.77. The third-order valence-corrected chi connectivity index (χ3v) is 7.50. The molecule has 3 heterocycles. The SMILES string of the molecule is CN1CN2C(=N1)N=C(N(C)c1cccc(-c3ccc(C4(C)CCC4)nc3)c1)c1ccc(Cl)cc12. The molecule has 172 valence electrons. The number of anilines is 2. The van der Waals surface area contributed by atoms with Gasteiger partial charge in [-0.25, -0.2) is 0 Å². The molecule has 6 nitrogen and oxygen atoms in total. The van der Waals surface area contributed by atoms with Crippen LogP contribution in [-0.4, -0.2) is 42.6 Å². The molecule has 1 fully saturated rings. The molecule has 0 spiro atoms. The average Bonchev–Trinajstić information content (AvgIpc) is 3.22. The number of rotatable bonds is 3. The minimum atomic E-state index is 0.251. The van der Waals surface area contributed by atoms with E-state index in [1.54, 1.807) is 0 Å². The molecule has 1 aromatic heterocycles. The summed E-state index contributed by atoms with van der Waals surface area (Å²) in [5, 5.41) is 7.16. The molecule has 6 rings (SSSR count). The number of halogens is 1. The van der Waals surface area contributed by atoms with Crippen LogP contribution in [0.15, 0.2) is 70.9 Å². The second kappa shape index (κ2) is 7.84. The van der Waals surface area contributed by atoms with Crippen LogP contribution in [-0.2, 0) is 5.41 Å². The van der Waals surface area contributed by atoms with Gasteiger partial charge in [0.2, 0.25) is 0 Å². The number of pyridine rings is 1. The van der Waals surface area contributed by atoms with Crippen molar-refractivity contribution in [2.45, 2.75) is 31.6 Å². The largest absolute Gasteiger partial charge is 0.329 e. The number of amidine groups is 1. The molecule has 7 heteroatoms. The Morgan fingerprint density at radius 2 is 1.88 bits per heavy atom. The molecule has 0 radical (unpaired) electrons. The standard InChI is InChI=1S/C27H27ClN6/c1-27(12-5-13-27)24-11-8-19(16-29-24)18-6-4-7-21(14-18)33(3)25-22-10-9-20(28)15-23(22)34-17-32(2)31-26(34)30-25/h4,6-11,14-16H,5,12-13,17H2,1-3H3. The summed E-state index contributed by atoms with van der Waals surface area (Å²) in [5.41, 5.74) is 6.81. The number of fused-ring (bicyclic) bond motifs is 3. The van der Waals surface area contributed by atoms with Crippen LogP contribution in [0.3, 0.4) is 0 Å². The van der Waals surface area contributed by atoms with E-state index in [0.29, 0.717) is 17.7 Å². The second-order valence-corrected chi connectivity index (χ2v) is 10.1. The summed E-state index contributed by atoms with van der Waals surface area (Å²) in [4.78, 5) is 13.9. The quantitative estimate of drug-likeness (QED) is 0.491. The zero-order valence-electron chi connectivity index (χ0n) is 19.7. The van der Waals surface area contributed by atoms with Crippen molar-refractivity contribution in [1.82, 2.24) is 9.99 Å². The van der Waals surface area contributed by atoms with E-state index < -0.39 is 0 Å². The normalized spacial score (nSPS) is 18.0. The monoisotopic (exact) mass is 470 g/mol. The predicted octanol–water partition coefficient (Wildman–Crippen LogP) is 5.72. The first-order valence-electron chi connectivity index (χ1n) is 11.7. The number of aromatic nitrogens is 1. The van der Waals surface area contributed by atoms with Crippen molar-refractivity contribution in [3.8, 4) is 11.1 Å². The number of guanidine groups is 1. The zero-order chi connectivity index (χ0) is 23.4. The maximum atomic E-state index is 6.35. The van der Waals surface area contributed by atoms with Gasteiger partial charge in [0.25, 0.3) is 5.96 Å². The third kappa shape index (κ3) is 3.44. The highest BCUT2D eigenvalue weighted by Crippen LogP contribution is 2.42. The molecule has 0 saturated heterocycles. The molecule has 0 amide bonds. The highest BCUT2D eigenvalue weighted by atomic mass is 35.5. The molecular formula is C27H27ClN6. The summed E-state index contributed by atoms with van der Waals surface area (Å²) in [6.45, 7) is 2.97. The van der Waals surface area contributed by atoms with E-state index in [9.17, 15) is 0 Å². The van der Waals surface area contributed by atoms with Crippen molar-refractivity contribution in [3.05, 3.63) is 77.1 Å². The van der Waals surface area contributed by atoms with E-state index >= 15 is 0 Å². The summed E-state index contributed by atoms with van der Waals surface area (Å²) in [7, 11) is 3.99. The summed E-state index contributed by atoms with van der Waals surface area (Å²) in [5.74, 6) is 1.53. The molecule has 2 aliphatic heterocycles. The number of nitrogens with zero attached hydrogens (tertiary/aromatic N) is 6. The van der Waals surface area contributed by atoms with Gasteiger partial charge in [-0.2, -0.15) is 4.99 Å². The molecule has 2 aromatic carbocycles. The van der Waals surface area contributed by atoms with E-state index in [2.05, 4.69) is 58.2 Å². The van der Waals surface area contributed by atoms with Crippen molar-refractivity contribution in [1.29, 1.82) is 0 Å². The Balaban J connectivity index is 1.35. The van der Waals surface area contributed by atoms with Gasteiger partial charge in [0.1, 0.15) is 12.5 Å². The average molecular weight is 471 g/mol. The predicted molar refractivity (Wildman–Crippen MR) is 140 cm³/mol. The lowest BCUT2D eigenvalue weighted by atomic mass is 9.68. The molecule has 1 aliphatic carbocycles. The molecule has 1 saturated carbocycles. The molecule has 0 atom stereocenters. The van der Waals surface area contributed by atoms with Gasteiger partial charge in [-0.3, -0.25) is 14.9 Å². The van der Waals surface area contributed by atoms with Gasteiger partial charge < -0.3 is 4.90 Å². The van der Waals surface area contributed by atoms with E-state index in [0.717, 1.165) is 33.9 Å². The fourth-order valence-electron chi connectivity index (χ4n) is 5.00. The molecule has 0 bridgehead atoms. The van der Waals surface area contributed by atoms with Crippen molar-refractivity contribution in [3.63, 3.8) is 0 Å². The lowest BCUT2D eigenvalue weighted by Crippen LogP contribution is -2.39. The van der Waals surface area contributed by atoms with Crippen LogP contribution in [0.25, 0.3) is 11.1 Å². The summed E-state index contributed by atoms with van der Waals surface area (Å²) >= 11 is 6.35. The van der Waals surface area contributed by atoms with Gasteiger partial charge in [0.05, 0.1) is 5.69 Å². The Morgan fingerprint density at radius 3 is 2.62 bits per heavy atom. The molecule has 3 aliphatic rings. The van der Waals surface area contributed by atoms with Crippen LogP contribution in [0, 0.1) is 0 Å². The van der Waals surface area contributed by atoms with Crippen LogP contribution in [0.2, 0.25) is 5.02 Å². The van der Waals surface area contributed by atoms with Crippen LogP contribution in [0.5, 0.6) is 0 Å². The Morgan fingerprint density at radius 1 is 1.03 bits per heavy atom. The van der Waals surface area contributed by atoms with Crippen molar-refractivity contribution in [2.24, 2.45) is 10.1 Å². The van der Waals surface area contributed by atoms with Gasteiger partial charge in [-0.1, -0.05) is 43.1 Å². The number of aliphatic imine (C=N–C) groups is 1. The van der Waals surface area contributed by atoms with Crippen LogP contribution >= 0.6 is 11.6 Å². The lowest BCUT2D eigenvalue weighted by Gasteiger charge is -2.37. The Labute approximate surface area is 205 Å². The Kier molecular flexibility index (Phi) is 4.88. The molecule has 3 aromatic rings. The topological polar surface area (TPSA) is 47.3 Å². The van der Waals surface area contributed by atoms with Crippen molar-refractivity contribution in [2.75, 3.05) is 30.6 Å². The first kappa shape index (κ1) is 21.2. The summed E-state index contributed by atoms with van der Waals surface area (Å²) < 4.78 is 0. The number of hydrogen-bond acceptors (Lipinski definition) is 6. The van der Waals surface area contributed by atoms with E-state index in [1.165, 1.54) is 25.0 Å². The number of hydrogen-bond donors (Lipinski definition) is 0. The van der Waals surface area contributed by atoms with Crippen LogP contribution < -0.4 is 9.80 Å². The van der Waals surface area contributed by atoms with Crippen molar-refractivity contribution >= 4 is 34.8 Å². The van der Waals surface area contributed by atoms with E-state index in [4.69, 9.17) is 21.6 Å². The van der Waals surface area contributed by atoms with E-state index in [1.807, 2.05) is 43.5 Å². The van der Waals surface area contributed by atoms with Crippen molar-refractivity contribution < 1.29 is 0 Å². The molecule has 0 N–H and O–H groups in total. The second-order valence-electron chi connectivity index (χ2n) is 9.68. The van der Waals surface area contributed by atoms with Gasteiger partial charge >= 0.3 is 0 Å². The molecule has 0 unspecified atom stereocenters. The van der Waals surface area contributed by atoms with Gasteiger partial charge in [-0.05, 0) is 54.8 Å². The maximum absolute atomic E-state index is 6.35. The Hall–Kier alpha value is -3.38. The highest BCUT2D eigenvalue weighted by Gasteiger charge is 2.35. The minimum absolute atomic E-state index is 0.251.